The SMILES string of the molecule is O=C1CCCc2nc(-c3cc(F)cc(C(F)(F)F)c3)sc21. The van der Waals surface area contributed by atoms with Crippen LogP contribution in [0.4, 0.5) is 17.6 Å². The van der Waals surface area contributed by atoms with E-state index >= 15 is 0 Å². The molecule has 1 aliphatic carbocycles. The molecule has 0 bridgehead atoms. The Hall–Kier alpha value is -1.76. The van der Waals surface area contributed by atoms with Crippen molar-refractivity contribution >= 4 is 17.1 Å². The Morgan fingerprint density at radius 1 is 1.14 bits per heavy atom. The van der Waals surface area contributed by atoms with E-state index in [1.165, 1.54) is 0 Å². The van der Waals surface area contributed by atoms with Crippen LogP contribution in [0, 0.1) is 5.82 Å². The number of carbonyl (C=O) groups is 1. The topological polar surface area (TPSA) is 30.0 Å². The van der Waals surface area contributed by atoms with Crippen LogP contribution in [-0.4, -0.2) is 10.8 Å². The van der Waals surface area contributed by atoms with E-state index in [0.717, 1.165) is 23.5 Å². The summed E-state index contributed by atoms with van der Waals surface area (Å²) >= 11 is 1.03. The molecule has 3 rings (SSSR count). The van der Waals surface area contributed by atoms with E-state index in [9.17, 15) is 22.4 Å². The third-order valence-electron chi connectivity index (χ3n) is 3.24. The highest BCUT2D eigenvalue weighted by Gasteiger charge is 2.32. The van der Waals surface area contributed by atoms with Gasteiger partial charge in [-0.3, -0.25) is 4.79 Å². The van der Waals surface area contributed by atoms with E-state index in [2.05, 4.69) is 4.98 Å². The van der Waals surface area contributed by atoms with Crippen LogP contribution >= 0.6 is 11.3 Å². The maximum atomic E-state index is 13.4. The summed E-state index contributed by atoms with van der Waals surface area (Å²) in [5.41, 5.74) is -0.407. The molecular weight excluding hydrogens is 306 g/mol. The number of rotatable bonds is 1. The van der Waals surface area contributed by atoms with Gasteiger partial charge in [0, 0.05) is 12.0 Å². The lowest BCUT2D eigenvalue weighted by molar-refractivity contribution is -0.137. The van der Waals surface area contributed by atoms with Gasteiger partial charge in [-0.2, -0.15) is 13.2 Å². The van der Waals surface area contributed by atoms with Crippen LogP contribution in [0.25, 0.3) is 10.6 Å². The monoisotopic (exact) mass is 315 g/mol. The van der Waals surface area contributed by atoms with Crippen molar-refractivity contribution in [3.63, 3.8) is 0 Å². The first-order valence-electron chi connectivity index (χ1n) is 6.25. The van der Waals surface area contributed by atoms with E-state index in [4.69, 9.17) is 0 Å². The fourth-order valence-corrected chi connectivity index (χ4v) is 3.34. The minimum atomic E-state index is -4.62. The number of fused-ring (bicyclic) bond motifs is 1. The number of Topliss-reactive ketones (excluding diaryl/α,β-unsaturated/α-hetero) is 1. The second kappa shape index (κ2) is 4.91. The maximum Gasteiger partial charge on any atom is 0.416 e. The zero-order valence-corrected chi connectivity index (χ0v) is 11.4. The van der Waals surface area contributed by atoms with Crippen LogP contribution in [-0.2, 0) is 12.6 Å². The Bertz CT molecular complexity index is 720. The van der Waals surface area contributed by atoms with Crippen LogP contribution in [0.2, 0.25) is 0 Å². The van der Waals surface area contributed by atoms with Crippen molar-refractivity contribution in [2.45, 2.75) is 25.4 Å². The predicted molar refractivity (Wildman–Crippen MR) is 69.8 cm³/mol. The molecule has 21 heavy (non-hydrogen) atoms. The molecule has 0 amide bonds. The number of benzene rings is 1. The van der Waals surface area contributed by atoms with Crippen molar-refractivity contribution in [1.29, 1.82) is 0 Å². The molecule has 0 saturated heterocycles. The molecule has 2 nitrogen and oxygen atoms in total. The summed E-state index contributed by atoms with van der Waals surface area (Å²) in [5.74, 6) is -1.02. The Kier molecular flexibility index (Phi) is 3.32. The Morgan fingerprint density at radius 3 is 2.57 bits per heavy atom. The zero-order valence-electron chi connectivity index (χ0n) is 10.6. The van der Waals surface area contributed by atoms with Gasteiger partial charge in [-0.1, -0.05) is 0 Å². The number of hydrogen-bond donors (Lipinski definition) is 0. The standard InChI is InChI=1S/C14H9F4NOS/c15-9-5-7(4-8(6-9)14(16,17)18)13-19-10-2-1-3-11(20)12(10)21-13/h4-6H,1-3H2. The van der Waals surface area contributed by atoms with Gasteiger partial charge in [0.2, 0.25) is 0 Å². The third-order valence-corrected chi connectivity index (χ3v) is 4.43. The van der Waals surface area contributed by atoms with Gasteiger partial charge in [-0.15, -0.1) is 11.3 Å². The van der Waals surface area contributed by atoms with Gasteiger partial charge in [-0.05, 0) is 31.0 Å². The van der Waals surface area contributed by atoms with Gasteiger partial charge < -0.3 is 0 Å². The summed E-state index contributed by atoms with van der Waals surface area (Å²) in [5, 5.41) is 0.250. The fourth-order valence-electron chi connectivity index (χ4n) is 2.27. The molecule has 110 valence electrons. The van der Waals surface area contributed by atoms with Crippen molar-refractivity contribution in [3.05, 3.63) is 40.2 Å². The van der Waals surface area contributed by atoms with Crippen LogP contribution in [0.1, 0.15) is 33.8 Å². The van der Waals surface area contributed by atoms with Gasteiger partial charge in [0.15, 0.2) is 5.78 Å². The van der Waals surface area contributed by atoms with E-state index < -0.39 is 17.6 Å². The normalized spacial score (nSPS) is 15.1. The molecule has 1 aliphatic rings. The molecule has 0 fully saturated rings. The average Bonchev–Trinajstić information content (AvgIpc) is 2.82. The Morgan fingerprint density at radius 2 is 1.90 bits per heavy atom. The summed E-state index contributed by atoms with van der Waals surface area (Å²) in [6, 6.07) is 2.31. The Balaban J connectivity index is 2.09. The first-order chi connectivity index (χ1) is 9.84. The number of aryl methyl sites for hydroxylation is 1. The van der Waals surface area contributed by atoms with Crippen molar-refractivity contribution in [2.24, 2.45) is 0 Å². The molecule has 1 heterocycles. The minimum Gasteiger partial charge on any atom is -0.293 e. The summed E-state index contributed by atoms with van der Waals surface area (Å²) < 4.78 is 51.6. The summed E-state index contributed by atoms with van der Waals surface area (Å²) in [6.45, 7) is 0. The van der Waals surface area contributed by atoms with Crippen molar-refractivity contribution in [1.82, 2.24) is 4.98 Å². The summed E-state index contributed by atoms with van der Waals surface area (Å²) in [4.78, 5) is 16.4. The molecule has 0 radical (unpaired) electrons. The second-order valence-corrected chi connectivity index (χ2v) is 5.80. The number of thiazole rings is 1. The van der Waals surface area contributed by atoms with Crippen LogP contribution in [0.3, 0.4) is 0 Å². The van der Waals surface area contributed by atoms with Crippen molar-refractivity contribution < 1.29 is 22.4 Å². The number of ketones is 1. The second-order valence-electron chi connectivity index (χ2n) is 4.80. The molecule has 2 aromatic rings. The first kappa shape index (κ1) is 14.2. The smallest absolute Gasteiger partial charge is 0.293 e. The highest BCUT2D eigenvalue weighted by molar-refractivity contribution is 7.17. The molecule has 7 heteroatoms. The molecule has 0 atom stereocenters. The molecular formula is C14H9F4NOS. The number of nitrogens with zero attached hydrogens (tertiary/aromatic N) is 1. The summed E-state index contributed by atoms with van der Waals surface area (Å²) in [7, 11) is 0. The lowest BCUT2D eigenvalue weighted by atomic mass is 10.0. The first-order valence-corrected chi connectivity index (χ1v) is 7.07. The molecule has 0 spiro atoms. The lowest BCUT2D eigenvalue weighted by Crippen LogP contribution is -2.07. The number of hydrogen-bond acceptors (Lipinski definition) is 3. The van der Waals surface area contributed by atoms with Crippen LogP contribution in [0.15, 0.2) is 18.2 Å². The number of halogens is 4. The largest absolute Gasteiger partial charge is 0.416 e. The van der Waals surface area contributed by atoms with Crippen LogP contribution < -0.4 is 0 Å². The molecule has 0 saturated carbocycles. The number of aromatic nitrogens is 1. The Labute approximate surface area is 121 Å². The van der Waals surface area contributed by atoms with E-state index in [1.807, 2.05) is 0 Å². The summed E-state index contributed by atoms with van der Waals surface area (Å²) in [6.07, 6.45) is -2.89. The fraction of sp³-hybridized carbons (Fsp3) is 0.286. The molecule has 1 aromatic heterocycles. The van der Waals surface area contributed by atoms with Gasteiger partial charge in [0.05, 0.1) is 16.1 Å². The molecule has 0 aliphatic heterocycles. The molecule has 1 aromatic carbocycles. The van der Waals surface area contributed by atoms with E-state index in [1.54, 1.807) is 0 Å². The minimum absolute atomic E-state index is 0.0487. The number of carbonyl (C=O) groups excluding carboxylic acids is 1. The number of alkyl halides is 3. The highest BCUT2D eigenvalue weighted by atomic mass is 32.1. The third kappa shape index (κ3) is 2.70. The zero-order chi connectivity index (χ0) is 15.2. The van der Waals surface area contributed by atoms with Crippen LogP contribution in [0.5, 0.6) is 0 Å². The highest BCUT2D eigenvalue weighted by Crippen LogP contribution is 2.36. The van der Waals surface area contributed by atoms with E-state index in [-0.39, 0.29) is 16.4 Å². The molecule has 0 N–H and O–H groups in total. The van der Waals surface area contributed by atoms with Crippen molar-refractivity contribution in [2.75, 3.05) is 0 Å². The van der Waals surface area contributed by atoms with Gasteiger partial charge >= 0.3 is 6.18 Å². The van der Waals surface area contributed by atoms with Crippen molar-refractivity contribution in [3.8, 4) is 10.6 Å². The predicted octanol–water partition coefficient (Wildman–Crippen LogP) is 4.49. The van der Waals surface area contributed by atoms with Gasteiger partial charge in [0.1, 0.15) is 10.8 Å². The quantitative estimate of drug-likeness (QED) is 0.726. The van der Waals surface area contributed by atoms with Gasteiger partial charge in [-0.25, -0.2) is 9.37 Å². The average molecular weight is 315 g/mol. The van der Waals surface area contributed by atoms with Gasteiger partial charge in [0.25, 0.3) is 0 Å². The molecule has 0 unspecified atom stereocenters. The van der Waals surface area contributed by atoms with E-state index in [0.29, 0.717) is 35.9 Å². The maximum absolute atomic E-state index is 13.4. The lowest BCUT2D eigenvalue weighted by Gasteiger charge is -2.08.